The number of benzene rings is 1. The number of nitrogens with one attached hydrogen (secondary N) is 2. The highest BCUT2D eigenvalue weighted by Crippen LogP contribution is 2.25. The van der Waals surface area contributed by atoms with Gasteiger partial charge in [-0.2, -0.15) is 9.49 Å². The third kappa shape index (κ3) is 4.79. The summed E-state index contributed by atoms with van der Waals surface area (Å²) in [4.78, 5) is 20.1. The number of halogens is 2. The minimum absolute atomic E-state index is 0.118. The van der Waals surface area contributed by atoms with E-state index in [0.717, 1.165) is 5.56 Å². The molecule has 11 nitrogen and oxygen atoms in total. The van der Waals surface area contributed by atoms with Gasteiger partial charge >= 0.3 is 6.09 Å². The lowest BCUT2D eigenvalue weighted by Crippen LogP contribution is -2.30. The predicted molar refractivity (Wildman–Crippen MR) is 130 cm³/mol. The molecule has 36 heavy (non-hydrogen) atoms. The fraction of sp³-hybridized carbons (Fsp3) is 0.130. The molecule has 0 aliphatic rings. The molecule has 5 aromatic rings. The Balaban J connectivity index is 1.48. The van der Waals surface area contributed by atoms with Crippen molar-refractivity contribution in [3.63, 3.8) is 0 Å². The Bertz CT molecular complexity index is 1550. The Hall–Kier alpha value is -4.58. The van der Waals surface area contributed by atoms with Crippen molar-refractivity contribution in [2.75, 3.05) is 5.32 Å². The number of aromatic nitrogens is 7. The molecule has 0 aliphatic carbocycles. The quantitative estimate of drug-likeness (QED) is 0.281. The van der Waals surface area contributed by atoms with Gasteiger partial charge in [0.25, 0.3) is 0 Å². The van der Waals surface area contributed by atoms with Crippen LogP contribution in [0, 0.1) is 5.95 Å². The van der Waals surface area contributed by atoms with E-state index in [1.165, 1.54) is 10.5 Å². The van der Waals surface area contributed by atoms with Crippen molar-refractivity contribution in [1.82, 2.24) is 39.7 Å². The second kappa shape index (κ2) is 9.58. The van der Waals surface area contributed by atoms with E-state index in [1.54, 1.807) is 66.6 Å². The Morgan fingerprint density at radius 1 is 1.14 bits per heavy atom. The maximum atomic E-state index is 15.4. The van der Waals surface area contributed by atoms with Crippen LogP contribution >= 0.6 is 11.6 Å². The molecule has 0 saturated carbocycles. The highest BCUT2D eigenvalue weighted by atomic mass is 35.5. The first kappa shape index (κ1) is 23.2. The first-order chi connectivity index (χ1) is 17.4. The standard InChI is InChI=1S/C23H19ClFN9O2/c1-33-19(7-9-27-33)30-22-26-8-6-16(28-22)14-11-18(25)34-20(12-14)31-32-21(34)17(29-23(35)36)10-13-2-4-15(24)5-3-13/h2-9,11-12,17,29H,10H2,1H3,(H,35,36)(H,26,28,30). The monoisotopic (exact) mass is 507 g/mol. The van der Waals surface area contributed by atoms with Crippen LogP contribution in [-0.4, -0.2) is 45.5 Å². The van der Waals surface area contributed by atoms with Crippen molar-refractivity contribution in [3.05, 3.63) is 83.3 Å². The molecule has 182 valence electrons. The maximum absolute atomic E-state index is 15.4. The summed E-state index contributed by atoms with van der Waals surface area (Å²) in [6.07, 6.45) is 2.15. The Kier molecular flexibility index (Phi) is 6.17. The van der Waals surface area contributed by atoms with E-state index in [0.29, 0.717) is 28.0 Å². The molecule has 1 unspecified atom stereocenters. The van der Waals surface area contributed by atoms with Crippen LogP contribution in [0.5, 0.6) is 0 Å². The average Bonchev–Trinajstić information content (AvgIpc) is 3.46. The summed E-state index contributed by atoms with van der Waals surface area (Å²) < 4.78 is 18.2. The van der Waals surface area contributed by atoms with E-state index in [4.69, 9.17) is 11.6 Å². The van der Waals surface area contributed by atoms with Gasteiger partial charge in [-0.1, -0.05) is 23.7 Å². The molecule has 1 aromatic carbocycles. The van der Waals surface area contributed by atoms with Crippen molar-refractivity contribution in [1.29, 1.82) is 0 Å². The number of carbonyl (C=O) groups is 1. The lowest BCUT2D eigenvalue weighted by atomic mass is 10.1. The molecule has 0 saturated heterocycles. The molecule has 3 N–H and O–H groups in total. The van der Waals surface area contributed by atoms with Gasteiger partial charge in [0.1, 0.15) is 5.82 Å². The van der Waals surface area contributed by atoms with Crippen LogP contribution in [0.3, 0.4) is 0 Å². The van der Waals surface area contributed by atoms with Gasteiger partial charge in [0.2, 0.25) is 11.9 Å². The summed E-state index contributed by atoms with van der Waals surface area (Å²) >= 11 is 5.95. The fourth-order valence-corrected chi connectivity index (χ4v) is 3.90. The second-order valence-corrected chi connectivity index (χ2v) is 8.32. The minimum Gasteiger partial charge on any atom is -0.465 e. The van der Waals surface area contributed by atoms with Crippen LogP contribution in [-0.2, 0) is 13.5 Å². The van der Waals surface area contributed by atoms with Crippen LogP contribution in [0.2, 0.25) is 5.02 Å². The van der Waals surface area contributed by atoms with Crippen molar-refractivity contribution < 1.29 is 14.3 Å². The summed E-state index contributed by atoms with van der Waals surface area (Å²) in [6, 6.07) is 12.4. The molecule has 0 radical (unpaired) electrons. The first-order valence-electron chi connectivity index (χ1n) is 10.7. The number of hydrogen-bond acceptors (Lipinski definition) is 7. The fourth-order valence-electron chi connectivity index (χ4n) is 3.77. The van der Waals surface area contributed by atoms with Crippen molar-refractivity contribution in [2.24, 2.45) is 7.05 Å². The molecule has 13 heteroatoms. The van der Waals surface area contributed by atoms with Gasteiger partial charge in [0.05, 0.1) is 17.9 Å². The molecule has 0 fully saturated rings. The molecule has 1 amide bonds. The SMILES string of the molecule is Cn1nccc1Nc1nccc(-c2cc(F)n3c(C(Cc4ccc(Cl)cc4)NC(=O)O)nnc3c2)n1. The number of pyridine rings is 1. The number of amides is 1. The summed E-state index contributed by atoms with van der Waals surface area (Å²) in [7, 11) is 1.78. The van der Waals surface area contributed by atoms with Gasteiger partial charge in [-0.25, -0.2) is 14.8 Å². The molecule has 5 rings (SSSR count). The molecular weight excluding hydrogens is 489 g/mol. The van der Waals surface area contributed by atoms with Crippen molar-refractivity contribution in [2.45, 2.75) is 12.5 Å². The third-order valence-electron chi connectivity index (χ3n) is 5.46. The number of anilines is 2. The van der Waals surface area contributed by atoms with Gasteiger partial charge in [-0.05, 0) is 29.8 Å². The molecule has 0 bridgehead atoms. The number of nitrogens with zero attached hydrogens (tertiary/aromatic N) is 7. The van der Waals surface area contributed by atoms with E-state index in [-0.39, 0.29) is 17.9 Å². The number of aryl methyl sites for hydroxylation is 1. The van der Waals surface area contributed by atoms with Gasteiger partial charge < -0.3 is 15.7 Å². The molecule has 0 spiro atoms. The van der Waals surface area contributed by atoms with Crippen LogP contribution in [0.15, 0.2) is 60.9 Å². The molecular formula is C23H19ClFN9O2. The second-order valence-electron chi connectivity index (χ2n) is 7.88. The smallest absolute Gasteiger partial charge is 0.405 e. The highest BCUT2D eigenvalue weighted by Gasteiger charge is 2.23. The zero-order chi connectivity index (χ0) is 25.2. The summed E-state index contributed by atoms with van der Waals surface area (Å²) in [5.41, 5.74) is 1.91. The zero-order valence-electron chi connectivity index (χ0n) is 18.8. The van der Waals surface area contributed by atoms with E-state index in [1.807, 2.05) is 0 Å². The first-order valence-corrected chi connectivity index (χ1v) is 11.1. The van der Waals surface area contributed by atoms with Gasteiger partial charge in [0, 0.05) is 42.4 Å². The molecule has 0 aliphatic heterocycles. The van der Waals surface area contributed by atoms with Crippen LogP contribution in [0.25, 0.3) is 16.9 Å². The topological polar surface area (TPSA) is 135 Å². The van der Waals surface area contributed by atoms with E-state index < -0.39 is 18.1 Å². The van der Waals surface area contributed by atoms with Gasteiger partial charge in [0.15, 0.2) is 11.5 Å². The number of hydrogen-bond donors (Lipinski definition) is 3. The number of rotatable bonds is 7. The highest BCUT2D eigenvalue weighted by molar-refractivity contribution is 6.30. The van der Waals surface area contributed by atoms with E-state index in [2.05, 4.69) is 35.9 Å². The van der Waals surface area contributed by atoms with Crippen molar-refractivity contribution in [3.8, 4) is 11.3 Å². The maximum Gasteiger partial charge on any atom is 0.405 e. The van der Waals surface area contributed by atoms with E-state index in [9.17, 15) is 9.90 Å². The molecule has 4 aromatic heterocycles. The normalized spacial score (nSPS) is 12.0. The number of carboxylic acid groups (broad SMARTS) is 1. The summed E-state index contributed by atoms with van der Waals surface area (Å²) in [5.74, 6) is 0.448. The zero-order valence-corrected chi connectivity index (χ0v) is 19.6. The van der Waals surface area contributed by atoms with Gasteiger partial charge in [-0.3, -0.25) is 9.08 Å². The Morgan fingerprint density at radius 3 is 2.67 bits per heavy atom. The Labute approximate surface area is 208 Å². The number of fused-ring (bicyclic) bond motifs is 1. The van der Waals surface area contributed by atoms with Crippen LogP contribution in [0.4, 0.5) is 21.0 Å². The van der Waals surface area contributed by atoms with Crippen LogP contribution < -0.4 is 10.6 Å². The predicted octanol–water partition coefficient (Wildman–Crippen LogP) is 4.01. The lowest BCUT2D eigenvalue weighted by Gasteiger charge is -2.16. The van der Waals surface area contributed by atoms with Crippen LogP contribution in [0.1, 0.15) is 17.4 Å². The summed E-state index contributed by atoms with van der Waals surface area (Å²) in [5, 5.41) is 27.7. The van der Waals surface area contributed by atoms with Crippen molar-refractivity contribution >= 4 is 35.1 Å². The van der Waals surface area contributed by atoms with E-state index >= 15 is 4.39 Å². The average molecular weight is 508 g/mol. The molecule has 4 heterocycles. The third-order valence-corrected chi connectivity index (χ3v) is 5.71. The lowest BCUT2D eigenvalue weighted by molar-refractivity contribution is 0.189. The minimum atomic E-state index is -1.27. The largest absolute Gasteiger partial charge is 0.465 e. The Morgan fingerprint density at radius 2 is 1.94 bits per heavy atom. The van der Waals surface area contributed by atoms with Gasteiger partial charge in [-0.15, -0.1) is 10.2 Å². The molecule has 1 atom stereocenters. The summed E-state index contributed by atoms with van der Waals surface area (Å²) in [6.45, 7) is 0.